The lowest BCUT2D eigenvalue weighted by molar-refractivity contribution is 0.0480. The van der Waals surface area contributed by atoms with Crippen LogP contribution < -0.4 is 5.32 Å². The fourth-order valence-electron chi connectivity index (χ4n) is 2.38. The van der Waals surface area contributed by atoms with E-state index in [9.17, 15) is 9.90 Å². The average molecular weight is 296 g/mol. The molecule has 0 aliphatic heterocycles. The molecule has 2 amide bonds. The van der Waals surface area contributed by atoms with E-state index in [-0.39, 0.29) is 6.03 Å². The largest absolute Gasteiger partial charge is 0.389 e. The van der Waals surface area contributed by atoms with Crippen molar-refractivity contribution in [2.24, 2.45) is 7.05 Å². The number of aliphatic hydroxyl groups is 1. The molecule has 0 spiro atoms. The molecule has 0 aliphatic carbocycles. The number of hydrogen-bond acceptors (Lipinski definition) is 3. The highest BCUT2D eigenvalue weighted by Crippen LogP contribution is 2.12. The molecular weight excluding hydrogens is 268 g/mol. The van der Waals surface area contributed by atoms with E-state index in [0.717, 1.165) is 17.8 Å². The van der Waals surface area contributed by atoms with Gasteiger partial charge in [0.2, 0.25) is 0 Å². The van der Waals surface area contributed by atoms with Crippen molar-refractivity contribution in [2.75, 3.05) is 19.6 Å². The first-order chi connectivity index (χ1) is 9.65. The molecule has 1 heterocycles. The Bertz CT molecular complexity index is 489. The normalized spacial score (nSPS) is 11.6. The second kappa shape index (κ2) is 6.93. The van der Waals surface area contributed by atoms with Gasteiger partial charge in [0.25, 0.3) is 0 Å². The summed E-state index contributed by atoms with van der Waals surface area (Å²) in [7, 11) is 1.92. The standard InChI is InChI=1S/C15H28N4O2/c1-7-19(10-15(4,5)21)14(20)16-9-8-13-11(2)17-18(6)12(13)3/h21H,7-10H2,1-6H3,(H,16,20). The van der Waals surface area contributed by atoms with Crippen molar-refractivity contribution >= 4 is 6.03 Å². The van der Waals surface area contributed by atoms with Crippen molar-refractivity contribution in [1.82, 2.24) is 20.0 Å². The minimum Gasteiger partial charge on any atom is -0.389 e. The Morgan fingerprint density at radius 1 is 1.43 bits per heavy atom. The fourth-order valence-corrected chi connectivity index (χ4v) is 2.38. The number of hydrogen-bond donors (Lipinski definition) is 2. The maximum Gasteiger partial charge on any atom is 0.317 e. The Balaban J connectivity index is 2.52. The number of carbonyl (C=O) groups is 1. The zero-order chi connectivity index (χ0) is 16.2. The topological polar surface area (TPSA) is 70.4 Å². The first-order valence-corrected chi connectivity index (χ1v) is 7.40. The molecular formula is C15H28N4O2. The summed E-state index contributed by atoms with van der Waals surface area (Å²) in [6.07, 6.45) is 0.761. The van der Waals surface area contributed by atoms with E-state index in [1.165, 1.54) is 5.56 Å². The number of nitrogens with zero attached hydrogens (tertiary/aromatic N) is 3. The molecule has 1 aromatic heterocycles. The van der Waals surface area contributed by atoms with Crippen molar-refractivity contribution in [3.05, 3.63) is 17.0 Å². The van der Waals surface area contributed by atoms with Gasteiger partial charge < -0.3 is 15.3 Å². The van der Waals surface area contributed by atoms with Gasteiger partial charge in [-0.25, -0.2) is 4.79 Å². The number of aryl methyl sites for hydroxylation is 2. The summed E-state index contributed by atoms with van der Waals surface area (Å²) >= 11 is 0. The summed E-state index contributed by atoms with van der Waals surface area (Å²) in [5, 5.41) is 17.1. The molecule has 0 fully saturated rings. The van der Waals surface area contributed by atoms with Gasteiger partial charge in [0.15, 0.2) is 0 Å². The molecule has 0 bridgehead atoms. The third-order valence-corrected chi connectivity index (χ3v) is 3.56. The molecule has 0 unspecified atom stereocenters. The van der Waals surface area contributed by atoms with Gasteiger partial charge in [0, 0.05) is 25.8 Å². The number of nitrogens with one attached hydrogen (secondary N) is 1. The van der Waals surface area contributed by atoms with Crippen LogP contribution in [0.1, 0.15) is 37.7 Å². The summed E-state index contributed by atoms with van der Waals surface area (Å²) in [5.74, 6) is 0. The lowest BCUT2D eigenvalue weighted by atomic mass is 10.1. The predicted molar refractivity (Wildman–Crippen MR) is 83.3 cm³/mol. The Labute approximate surface area is 127 Å². The highest BCUT2D eigenvalue weighted by atomic mass is 16.3. The van der Waals surface area contributed by atoms with Gasteiger partial charge in [-0.1, -0.05) is 0 Å². The molecule has 0 aromatic carbocycles. The molecule has 1 rings (SSSR count). The summed E-state index contributed by atoms with van der Waals surface area (Å²) in [4.78, 5) is 13.7. The van der Waals surface area contributed by atoms with E-state index < -0.39 is 5.60 Å². The molecule has 0 radical (unpaired) electrons. The van der Waals surface area contributed by atoms with Gasteiger partial charge in [0.05, 0.1) is 17.8 Å². The van der Waals surface area contributed by atoms with Crippen molar-refractivity contribution in [1.29, 1.82) is 0 Å². The Kier molecular flexibility index (Phi) is 5.78. The number of carbonyl (C=O) groups excluding carboxylic acids is 1. The summed E-state index contributed by atoms with van der Waals surface area (Å²) in [6.45, 7) is 10.8. The van der Waals surface area contributed by atoms with Gasteiger partial charge >= 0.3 is 6.03 Å². The molecule has 120 valence electrons. The molecule has 1 aromatic rings. The van der Waals surface area contributed by atoms with E-state index in [0.29, 0.717) is 19.6 Å². The Morgan fingerprint density at radius 3 is 2.48 bits per heavy atom. The molecule has 0 saturated heterocycles. The van der Waals surface area contributed by atoms with Gasteiger partial charge in [0.1, 0.15) is 0 Å². The van der Waals surface area contributed by atoms with Crippen LogP contribution in [0.4, 0.5) is 4.79 Å². The lowest BCUT2D eigenvalue weighted by Crippen LogP contribution is -2.47. The van der Waals surface area contributed by atoms with Crippen LogP contribution in [0.15, 0.2) is 0 Å². The first-order valence-electron chi connectivity index (χ1n) is 7.40. The number of urea groups is 1. The second-order valence-corrected chi connectivity index (χ2v) is 6.08. The quantitative estimate of drug-likeness (QED) is 0.833. The SMILES string of the molecule is CCN(CC(C)(C)O)C(=O)NCCc1c(C)nn(C)c1C. The van der Waals surface area contributed by atoms with Crippen LogP contribution in [0.3, 0.4) is 0 Å². The summed E-state index contributed by atoms with van der Waals surface area (Å²) in [5.41, 5.74) is 2.44. The van der Waals surface area contributed by atoms with Crippen LogP contribution in [-0.4, -0.2) is 51.1 Å². The van der Waals surface area contributed by atoms with Crippen molar-refractivity contribution < 1.29 is 9.90 Å². The van der Waals surface area contributed by atoms with E-state index in [4.69, 9.17) is 0 Å². The maximum atomic E-state index is 12.1. The third kappa shape index (κ3) is 5.04. The van der Waals surface area contributed by atoms with Crippen LogP contribution >= 0.6 is 0 Å². The van der Waals surface area contributed by atoms with Gasteiger partial charge in [-0.15, -0.1) is 0 Å². The monoisotopic (exact) mass is 296 g/mol. The van der Waals surface area contributed by atoms with Gasteiger partial charge in [-0.05, 0) is 46.6 Å². The van der Waals surface area contributed by atoms with E-state index in [1.54, 1.807) is 18.7 Å². The third-order valence-electron chi connectivity index (χ3n) is 3.56. The molecule has 6 heteroatoms. The zero-order valence-electron chi connectivity index (χ0n) is 14.0. The second-order valence-electron chi connectivity index (χ2n) is 6.08. The summed E-state index contributed by atoms with van der Waals surface area (Å²) < 4.78 is 1.86. The van der Waals surface area contributed by atoms with Crippen LogP contribution in [0, 0.1) is 13.8 Å². The highest BCUT2D eigenvalue weighted by molar-refractivity contribution is 5.74. The van der Waals surface area contributed by atoms with Gasteiger partial charge in [-0.2, -0.15) is 5.10 Å². The van der Waals surface area contributed by atoms with Crippen LogP contribution in [0.25, 0.3) is 0 Å². The molecule has 21 heavy (non-hydrogen) atoms. The zero-order valence-corrected chi connectivity index (χ0v) is 14.0. The minimum atomic E-state index is -0.885. The average Bonchev–Trinajstić information content (AvgIpc) is 2.61. The van der Waals surface area contributed by atoms with Gasteiger partial charge in [-0.3, -0.25) is 4.68 Å². The summed E-state index contributed by atoms with van der Waals surface area (Å²) in [6, 6.07) is -0.140. The minimum absolute atomic E-state index is 0.140. The van der Waals surface area contributed by atoms with Crippen molar-refractivity contribution in [2.45, 2.75) is 46.6 Å². The lowest BCUT2D eigenvalue weighted by Gasteiger charge is -2.28. The van der Waals surface area contributed by atoms with Crippen LogP contribution in [0.5, 0.6) is 0 Å². The van der Waals surface area contributed by atoms with E-state index in [1.807, 2.05) is 32.5 Å². The van der Waals surface area contributed by atoms with Crippen LogP contribution in [0.2, 0.25) is 0 Å². The maximum absolute atomic E-state index is 12.1. The Morgan fingerprint density at radius 2 is 2.05 bits per heavy atom. The van der Waals surface area contributed by atoms with E-state index >= 15 is 0 Å². The Hall–Kier alpha value is -1.56. The predicted octanol–water partition coefficient (Wildman–Crippen LogP) is 1.38. The van der Waals surface area contributed by atoms with Crippen LogP contribution in [-0.2, 0) is 13.5 Å². The first kappa shape index (κ1) is 17.5. The number of aromatic nitrogens is 2. The molecule has 2 N–H and O–H groups in total. The number of likely N-dealkylation sites (N-methyl/N-ethyl adjacent to an activating group) is 1. The molecule has 0 atom stereocenters. The number of amides is 2. The van der Waals surface area contributed by atoms with Crippen molar-refractivity contribution in [3.63, 3.8) is 0 Å². The molecule has 6 nitrogen and oxygen atoms in total. The fraction of sp³-hybridized carbons (Fsp3) is 0.733. The molecule has 0 aliphatic rings. The van der Waals surface area contributed by atoms with E-state index in [2.05, 4.69) is 10.4 Å². The smallest absolute Gasteiger partial charge is 0.317 e. The number of rotatable bonds is 6. The molecule has 0 saturated carbocycles. The highest BCUT2D eigenvalue weighted by Gasteiger charge is 2.21. The van der Waals surface area contributed by atoms with Crippen molar-refractivity contribution in [3.8, 4) is 0 Å².